The molecule has 3 aliphatic rings. The van der Waals surface area contributed by atoms with Gasteiger partial charge in [-0.05, 0) is 68.5 Å². The van der Waals surface area contributed by atoms with Gasteiger partial charge in [0.15, 0.2) is 11.5 Å². The molecule has 1 unspecified atom stereocenters. The lowest BCUT2D eigenvalue weighted by Gasteiger charge is -2.19. The molecule has 1 amide bonds. The van der Waals surface area contributed by atoms with Crippen LogP contribution in [0.2, 0.25) is 0 Å². The second-order valence-electron chi connectivity index (χ2n) is 8.28. The number of carbonyl (C=O) groups is 1. The summed E-state index contributed by atoms with van der Waals surface area (Å²) >= 11 is 0. The predicted octanol–water partition coefficient (Wildman–Crippen LogP) is 4.55. The SMILES string of the molecule is C=C(N=CC(=C(C)C)C1C=C(OC)C=CC1)NC(=O)C1(c2ccc3c(c2)OCO3)CC1. The van der Waals surface area contributed by atoms with E-state index in [1.165, 1.54) is 0 Å². The van der Waals surface area contributed by atoms with Gasteiger partial charge in [0.25, 0.3) is 0 Å². The first-order valence-electron chi connectivity index (χ1n) is 10.5. The van der Waals surface area contributed by atoms with E-state index in [9.17, 15) is 4.79 Å². The minimum Gasteiger partial charge on any atom is -0.497 e. The molecule has 4 rings (SSSR count). The molecule has 0 aromatic heterocycles. The largest absolute Gasteiger partial charge is 0.497 e. The number of hydrogen-bond donors (Lipinski definition) is 1. The average molecular weight is 421 g/mol. The quantitative estimate of drug-likeness (QED) is 0.657. The van der Waals surface area contributed by atoms with Gasteiger partial charge >= 0.3 is 0 Å². The van der Waals surface area contributed by atoms with Crippen LogP contribution in [0.1, 0.15) is 38.7 Å². The van der Waals surface area contributed by atoms with Crippen LogP contribution in [0, 0.1) is 5.92 Å². The van der Waals surface area contributed by atoms with Crippen LogP contribution in [0.4, 0.5) is 0 Å². The summed E-state index contributed by atoms with van der Waals surface area (Å²) in [6.07, 6.45) is 10.4. The Balaban J connectivity index is 1.44. The minimum absolute atomic E-state index is 0.0885. The Morgan fingerprint density at radius 3 is 2.77 bits per heavy atom. The van der Waals surface area contributed by atoms with Gasteiger partial charge in [0, 0.05) is 12.1 Å². The second-order valence-corrected chi connectivity index (χ2v) is 8.28. The van der Waals surface area contributed by atoms with Gasteiger partial charge in [0.05, 0.1) is 12.5 Å². The average Bonchev–Trinajstić information content (AvgIpc) is 3.44. The third-order valence-electron chi connectivity index (χ3n) is 5.98. The van der Waals surface area contributed by atoms with Gasteiger partial charge in [-0.3, -0.25) is 4.79 Å². The number of nitrogens with zero attached hydrogens (tertiary/aromatic N) is 1. The summed E-state index contributed by atoms with van der Waals surface area (Å²) in [4.78, 5) is 17.5. The van der Waals surface area contributed by atoms with Crippen LogP contribution in [0.5, 0.6) is 11.5 Å². The maximum Gasteiger partial charge on any atom is 0.236 e. The molecule has 1 aromatic rings. The molecule has 1 saturated carbocycles. The van der Waals surface area contributed by atoms with E-state index in [-0.39, 0.29) is 18.6 Å². The smallest absolute Gasteiger partial charge is 0.236 e. The van der Waals surface area contributed by atoms with Crippen molar-refractivity contribution < 1.29 is 19.0 Å². The highest BCUT2D eigenvalue weighted by Crippen LogP contribution is 2.50. The third-order valence-corrected chi connectivity index (χ3v) is 5.98. The molecule has 1 heterocycles. The van der Waals surface area contributed by atoms with Gasteiger partial charge in [-0.15, -0.1) is 0 Å². The van der Waals surface area contributed by atoms with Crippen molar-refractivity contribution in [2.24, 2.45) is 10.9 Å². The molecule has 0 radical (unpaired) electrons. The Kier molecular flexibility index (Phi) is 5.72. The lowest BCUT2D eigenvalue weighted by atomic mass is 9.89. The lowest BCUT2D eigenvalue weighted by molar-refractivity contribution is -0.122. The zero-order valence-corrected chi connectivity index (χ0v) is 18.2. The highest BCUT2D eigenvalue weighted by Gasteiger charge is 2.51. The Bertz CT molecular complexity index is 1020. The Hall–Kier alpha value is -3.28. The number of benzene rings is 1. The number of allylic oxidation sites excluding steroid dienone is 5. The highest BCUT2D eigenvalue weighted by molar-refractivity contribution is 5.93. The van der Waals surface area contributed by atoms with Crippen molar-refractivity contribution in [1.29, 1.82) is 0 Å². The zero-order chi connectivity index (χ0) is 22.0. The minimum atomic E-state index is -0.553. The van der Waals surface area contributed by atoms with Crippen molar-refractivity contribution in [1.82, 2.24) is 5.32 Å². The van der Waals surface area contributed by atoms with E-state index in [0.29, 0.717) is 17.3 Å². The van der Waals surface area contributed by atoms with Crippen LogP contribution in [0.25, 0.3) is 0 Å². The number of hydrogen-bond acceptors (Lipinski definition) is 5. The second kappa shape index (κ2) is 8.46. The van der Waals surface area contributed by atoms with Crippen molar-refractivity contribution in [3.63, 3.8) is 0 Å². The number of methoxy groups -OCH3 is 1. The molecule has 6 heteroatoms. The molecule has 6 nitrogen and oxygen atoms in total. The highest BCUT2D eigenvalue weighted by atomic mass is 16.7. The molecular weight excluding hydrogens is 392 g/mol. The fourth-order valence-corrected chi connectivity index (χ4v) is 4.00. The summed E-state index contributed by atoms with van der Waals surface area (Å²) in [5.74, 6) is 2.67. The van der Waals surface area contributed by atoms with Crippen LogP contribution in [-0.4, -0.2) is 26.0 Å². The van der Waals surface area contributed by atoms with Crippen LogP contribution in [0.15, 0.2) is 70.7 Å². The molecule has 0 saturated heterocycles. The van der Waals surface area contributed by atoms with Crippen molar-refractivity contribution in [2.75, 3.05) is 13.9 Å². The molecule has 1 atom stereocenters. The van der Waals surface area contributed by atoms with Gasteiger partial charge < -0.3 is 19.5 Å². The van der Waals surface area contributed by atoms with Crippen molar-refractivity contribution in [3.05, 3.63) is 71.3 Å². The maximum atomic E-state index is 13.0. The summed E-state index contributed by atoms with van der Waals surface area (Å²) in [5, 5.41) is 2.89. The van der Waals surface area contributed by atoms with Crippen LogP contribution in [-0.2, 0) is 14.9 Å². The molecular formula is C25H28N2O4. The van der Waals surface area contributed by atoms with E-state index in [1.807, 2.05) is 24.3 Å². The number of nitrogens with one attached hydrogen (secondary N) is 1. The lowest BCUT2D eigenvalue weighted by Crippen LogP contribution is -2.33. The summed E-state index contributed by atoms with van der Waals surface area (Å²) in [7, 11) is 1.67. The summed E-state index contributed by atoms with van der Waals surface area (Å²) < 4.78 is 16.2. The first-order valence-corrected chi connectivity index (χ1v) is 10.5. The predicted molar refractivity (Wildman–Crippen MR) is 120 cm³/mol. The van der Waals surface area contributed by atoms with E-state index in [1.54, 1.807) is 13.3 Å². The van der Waals surface area contributed by atoms with Gasteiger partial charge in [0.2, 0.25) is 12.7 Å². The summed E-state index contributed by atoms with van der Waals surface area (Å²) in [5.41, 5.74) is 2.63. The number of carbonyl (C=O) groups excluding carboxylic acids is 1. The molecule has 1 aliphatic heterocycles. The topological polar surface area (TPSA) is 69.2 Å². The Labute approximate surface area is 183 Å². The molecule has 0 spiro atoms. The number of amides is 1. The molecule has 0 bridgehead atoms. The van der Waals surface area contributed by atoms with Crippen molar-refractivity contribution in [3.8, 4) is 11.5 Å². The summed E-state index contributed by atoms with van der Waals surface area (Å²) in [6.45, 7) is 8.27. The molecule has 31 heavy (non-hydrogen) atoms. The van der Waals surface area contributed by atoms with Crippen molar-refractivity contribution >= 4 is 12.1 Å². The molecule has 1 fully saturated rings. The molecule has 2 aliphatic carbocycles. The number of ether oxygens (including phenoxy) is 3. The number of rotatable bonds is 7. The van der Waals surface area contributed by atoms with Gasteiger partial charge in [-0.25, -0.2) is 4.99 Å². The first-order chi connectivity index (χ1) is 14.9. The molecule has 1 N–H and O–H groups in total. The third kappa shape index (κ3) is 4.29. The van der Waals surface area contributed by atoms with Crippen LogP contribution >= 0.6 is 0 Å². The van der Waals surface area contributed by atoms with E-state index < -0.39 is 5.41 Å². The monoisotopic (exact) mass is 420 g/mol. The normalized spacial score (nSPS) is 20.2. The van der Waals surface area contributed by atoms with Gasteiger partial charge in [-0.2, -0.15) is 0 Å². The fraction of sp³-hybridized carbons (Fsp3) is 0.360. The maximum absolute atomic E-state index is 13.0. The Morgan fingerprint density at radius 2 is 2.06 bits per heavy atom. The fourth-order valence-electron chi connectivity index (χ4n) is 4.00. The van der Waals surface area contributed by atoms with Crippen molar-refractivity contribution in [2.45, 2.75) is 38.5 Å². The zero-order valence-electron chi connectivity index (χ0n) is 18.2. The standard InChI is InChI=1S/C25H28N2O4/c1-16(2)21(18-6-5-7-20(12-18)29-4)14-26-17(3)27-24(28)25(10-11-25)19-8-9-22-23(13-19)31-15-30-22/h5,7-9,12-14,18H,3,6,10-11,15H2,1-2,4H3,(H,27,28). The first kappa shape index (κ1) is 21.0. The van der Waals surface area contributed by atoms with Gasteiger partial charge in [-0.1, -0.05) is 24.3 Å². The summed E-state index contributed by atoms with van der Waals surface area (Å²) in [6, 6.07) is 5.70. The van der Waals surface area contributed by atoms with E-state index in [2.05, 4.69) is 42.9 Å². The molecule has 1 aromatic carbocycles. The number of fused-ring (bicyclic) bond motifs is 1. The van der Waals surface area contributed by atoms with Crippen LogP contribution in [0.3, 0.4) is 0 Å². The van der Waals surface area contributed by atoms with E-state index in [4.69, 9.17) is 14.2 Å². The Morgan fingerprint density at radius 1 is 1.29 bits per heavy atom. The molecule has 162 valence electrons. The van der Waals surface area contributed by atoms with E-state index in [0.717, 1.165) is 41.7 Å². The van der Waals surface area contributed by atoms with Gasteiger partial charge in [0.1, 0.15) is 11.6 Å². The number of aliphatic imine (C=N–C) groups is 1. The van der Waals surface area contributed by atoms with E-state index >= 15 is 0 Å². The van der Waals surface area contributed by atoms with Crippen LogP contribution < -0.4 is 14.8 Å².